The van der Waals surface area contributed by atoms with Gasteiger partial charge in [-0.15, -0.1) is 0 Å². The number of carbonyl (C=O) groups excluding carboxylic acids is 1. The normalized spacial score (nSPS) is 13.6. The summed E-state index contributed by atoms with van der Waals surface area (Å²) in [6.07, 6.45) is 0.303. The Labute approximate surface area is 125 Å². The van der Waals surface area contributed by atoms with E-state index in [0.717, 1.165) is 0 Å². The van der Waals surface area contributed by atoms with Gasteiger partial charge in [0, 0.05) is 5.56 Å². The Bertz CT molecular complexity index is 513. The minimum atomic E-state index is -1.27. The van der Waals surface area contributed by atoms with Gasteiger partial charge in [0.05, 0.1) is 6.61 Å². The van der Waals surface area contributed by atoms with Crippen LogP contribution >= 0.6 is 0 Å². The molecule has 0 bridgehead atoms. The molecule has 1 aromatic carbocycles. The Kier molecular flexibility index (Phi) is 5.76. The predicted molar refractivity (Wildman–Crippen MR) is 80.6 cm³/mol. The maximum Gasteiger partial charge on any atom is 0.329 e. The molecule has 0 fully saturated rings. The van der Waals surface area contributed by atoms with Gasteiger partial charge in [-0.2, -0.15) is 0 Å². The summed E-state index contributed by atoms with van der Waals surface area (Å²) in [7, 11) is 0. The van der Waals surface area contributed by atoms with Crippen molar-refractivity contribution in [1.82, 2.24) is 5.32 Å². The quantitative estimate of drug-likeness (QED) is 0.810. The Morgan fingerprint density at radius 1 is 1.38 bits per heavy atom. The lowest BCUT2D eigenvalue weighted by Gasteiger charge is -2.24. The summed E-state index contributed by atoms with van der Waals surface area (Å²) in [5, 5.41) is 11.7. The summed E-state index contributed by atoms with van der Waals surface area (Å²) in [6.45, 7) is 7.85. The number of carboxylic acids is 1. The number of nitrogens with one attached hydrogen (secondary N) is 1. The number of amides is 1. The van der Waals surface area contributed by atoms with Gasteiger partial charge in [-0.3, -0.25) is 4.79 Å². The van der Waals surface area contributed by atoms with E-state index < -0.39 is 17.4 Å². The highest BCUT2D eigenvalue weighted by molar-refractivity contribution is 5.98. The third-order valence-electron chi connectivity index (χ3n) is 3.25. The molecule has 1 aromatic rings. The first-order valence-corrected chi connectivity index (χ1v) is 7.07. The van der Waals surface area contributed by atoms with Gasteiger partial charge in [-0.25, -0.2) is 4.79 Å². The average molecular weight is 293 g/mol. The van der Waals surface area contributed by atoms with E-state index in [2.05, 4.69) is 5.32 Å². The molecule has 1 rings (SSSR count). The van der Waals surface area contributed by atoms with Crippen LogP contribution in [0.1, 0.15) is 44.5 Å². The molecule has 5 nitrogen and oxygen atoms in total. The number of carboxylic acid groups (broad SMARTS) is 1. The maximum atomic E-state index is 12.2. The van der Waals surface area contributed by atoms with Gasteiger partial charge >= 0.3 is 5.97 Å². The van der Waals surface area contributed by atoms with Gasteiger partial charge in [0.2, 0.25) is 0 Å². The molecule has 0 radical (unpaired) electrons. The van der Waals surface area contributed by atoms with E-state index in [0.29, 0.717) is 30.3 Å². The first kappa shape index (κ1) is 17.0. The largest absolute Gasteiger partial charge is 0.493 e. The number of hydrogen-bond acceptors (Lipinski definition) is 3. The Morgan fingerprint density at radius 3 is 2.57 bits per heavy atom. The van der Waals surface area contributed by atoms with E-state index in [1.54, 1.807) is 31.2 Å². The zero-order chi connectivity index (χ0) is 16.0. The van der Waals surface area contributed by atoms with Crippen LogP contribution in [0.15, 0.2) is 24.3 Å². The number of benzene rings is 1. The predicted octanol–water partition coefficient (Wildman–Crippen LogP) is 2.70. The molecular formula is C16H23NO4. The van der Waals surface area contributed by atoms with E-state index in [4.69, 9.17) is 4.74 Å². The van der Waals surface area contributed by atoms with Gasteiger partial charge < -0.3 is 15.2 Å². The highest BCUT2D eigenvalue weighted by Gasteiger charge is 2.33. The van der Waals surface area contributed by atoms with Crippen molar-refractivity contribution in [2.75, 3.05) is 6.61 Å². The smallest absolute Gasteiger partial charge is 0.329 e. The number of carbonyl (C=O) groups is 2. The van der Waals surface area contributed by atoms with Crippen LogP contribution in [-0.2, 0) is 4.79 Å². The molecule has 0 aliphatic carbocycles. The van der Waals surface area contributed by atoms with Gasteiger partial charge in [0.1, 0.15) is 11.3 Å². The van der Waals surface area contributed by atoms with Crippen LogP contribution < -0.4 is 10.1 Å². The van der Waals surface area contributed by atoms with Crippen LogP contribution in [-0.4, -0.2) is 29.1 Å². The summed E-state index contributed by atoms with van der Waals surface area (Å²) >= 11 is 0. The number of hydrogen-bond donors (Lipinski definition) is 2. The van der Waals surface area contributed by atoms with Crippen LogP contribution in [0.2, 0.25) is 0 Å². The van der Waals surface area contributed by atoms with Crippen molar-refractivity contribution in [3.63, 3.8) is 0 Å². The van der Waals surface area contributed by atoms with Crippen molar-refractivity contribution in [2.24, 2.45) is 5.92 Å². The second kappa shape index (κ2) is 7.11. The second-order valence-electron chi connectivity index (χ2n) is 5.68. The lowest BCUT2D eigenvalue weighted by molar-refractivity contribution is -0.143. The minimum absolute atomic E-state index is 0.303. The molecule has 1 atom stereocenters. The maximum absolute atomic E-state index is 12.2. The van der Waals surface area contributed by atoms with Crippen molar-refractivity contribution in [3.8, 4) is 5.75 Å². The molecule has 0 aromatic heterocycles. The SMILES string of the molecule is CCC(C)(NC(=O)c1cccc(OCC(C)C)c1)C(=O)O. The van der Waals surface area contributed by atoms with Gasteiger partial charge in [-0.1, -0.05) is 26.8 Å². The zero-order valence-electron chi connectivity index (χ0n) is 13.0. The van der Waals surface area contributed by atoms with Crippen molar-refractivity contribution in [3.05, 3.63) is 29.8 Å². The van der Waals surface area contributed by atoms with Crippen molar-refractivity contribution >= 4 is 11.9 Å². The van der Waals surface area contributed by atoms with Crippen LogP contribution in [0, 0.1) is 5.92 Å². The summed E-state index contributed by atoms with van der Waals surface area (Å²) in [5.41, 5.74) is -0.886. The highest BCUT2D eigenvalue weighted by atomic mass is 16.5. The summed E-state index contributed by atoms with van der Waals surface area (Å²) < 4.78 is 5.57. The number of rotatable bonds is 7. The van der Waals surface area contributed by atoms with E-state index >= 15 is 0 Å². The summed E-state index contributed by atoms with van der Waals surface area (Å²) in [4.78, 5) is 23.4. The van der Waals surface area contributed by atoms with E-state index in [1.807, 2.05) is 13.8 Å². The molecule has 1 amide bonds. The fourth-order valence-electron chi connectivity index (χ4n) is 1.61. The molecule has 21 heavy (non-hydrogen) atoms. The van der Waals surface area contributed by atoms with E-state index in [9.17, 15) is 14.7 Å². The Balaban J connectivity index is 2.83. The molecule has 0 aliphatic heterocycles. The van der Waals surface area contributed by atoms with Gasteiger partial charge in [0.15, 0.2) is 0 Å². The minimum Gasteiger partial charge on any atom is -0.493 e. The van der Waals surface area contributed by atoms with E-state index in [1.165, 1.54) is 6.92 Å². The number of ether oxygens (including phenoxy) is 1. The standard InChI is InChI=1S/C16H23NO4/c1-5-16(4,15(19)20)17-14(18)12-7-6-8-13(9-12)21-10-11(2)3/h6-9,11H,5,10H2,1-4H3,(H,17,18)(H,19,20). The topological polar surface area (TPSA) is 75.6 Å². The van der Waals surface area contributed by atoms with Crippen molar-refractivity contribution in [1.29, 1.82) is 0 Å². The molecule has 0 spiro atoms. The lowest BCUT2D eigenvalue weighted by atomic mass is 9.98. The monoisotopic (exact) mass is 293 g/mol. The van der Waals surface area contributed by atoms with Crippen LogP contribution in [0.3, 0.4) is 0 Å². The molecule has 5 heteroatoms. The first-order chi connectivity index (χ1) is 9.78. The molecule has 0 aliphatic rings. The molecule has 0 saturated carbocycles. The lowest BCUT2D eigenvalue weighted by Crippen LogP contribution is -2.51. The van der Waals surface area contributed by atoms with Crippen molar-refractivity contribution < 1.29 is 19.4 Å². The van der Waals surface area contributed by atoms with E-state index in [-0.39, 0.29) is 0 Å². The highest BCUT2D eigenvalue weighted by Crippen LogP contribution is 2.16. The molecule has 0 saturated heterocycles. The van der Waals surface area contributed by atoms with Crippen molar-refractivity contribution in [2.45, 2.75) is 39.7 Å². The van der Waals surface area contributed by atoms with Crippen LogP contribution in [0.4, 0.5) is 0 Å². The molecule has 2 N–H and O–H groups in total. The Morgan fingerprint density at radius 2 is 2.05 bits per heavy atom. The first-order valence-electron chi connectivity index (χ1n) is 7.07. The van der Waals surface area contributed by atoms with Crippen LogP contribution in [0.5, 0.6) is 5.75 Å². The third kappa shape index (κ3) is 4.77. The average Bonchev–Trinajstić information content (AvgIpc) is 2.45. The summed E-state index contributed by atoms with van der Waals surface area (Å²) in [6, 6.07) is 6.75. The van der Waals surface area contributed by atoms with Crippen LogP contribution in [0.25, 0.3) is 0 Å². The summed E-state index contributed by atoms with van der Waals surface area (Å²) in [5.74, 6) is -0.481. The fraction of sp³-hybridized carbons (Fsp3) is 0.500. The second-order valence-corrected chi connectivity index (χ2v) is 5.68. The van der Waals surface area contributed by atoms with Gasteiger partial charge in [0.25, 0.3) is 5.91 Å². The molecule has 0 heterocycles. The van der Waals surface area contributed by atoms with Gasteiger partial charge in [-0.05, 0) is 37.5 Å². The zero-order valence-corrected chi connectivity index (χ0v) is 13.0. The number of aliphatic carboxylic acids is 1. The Hall–Kier alpha value is -2.04. The third-order valence-corrected chi connectivity index (χ3v) is 3.25. The molecular weight excluding hydrogens is 270 g/mol. The molecule has 1 unspecified atom stereocenters. The fourth-order valence-corrected chi connectivity index (χ4v) is 1.61. The molecule has 116 valence electrons.